The van der Waals surface area contributed by atoms with Gasteiger partial charge in [0.1, 0.15) is 0 Å². The van der Waals surface area contributed by atoms with Gasteiger partial charge in [-0.25, -0.2) is 0 Å². The Hall–Kier alpha value is -1.06. The molecule has 1 aliphatic carbocycles. The van der Waals surface area contributed by atoms with E-state index in [0.717, 1.165) is 38.5 Å². The van der Waals surface area contributed by atoms with Gasteiger partial charge in [0.25, 0.3) is 0 Å². The first-order valence-corrected chi connectivity index (χ1v) is 7.37. The maximum atomic E-state index is 12.3. The van der Waals surface area contributed by atoms with E-state index < -0.39 is 5.97 Å². The van der Waals surface area contributed by atoms with Crippen molar-refractivity contribution in [1.82, 2.24) is 4.90 Å². The van der Waals surface area contributed by atoms with E-state index in [0.29, 0.717) is 6.42 Å². The van der Waals surface area contributed by atoms with Crippen LogP contribution in [0.4, 0.5) is 0 Å². The Morgan fingerprint density at radius 2 is 1.84 bits per heavy atom. The van der Waals surface area contributed by atoms with Crippen LogP contribution in [0.25, 0.3) is 0 Å². The molecule has 0 heterocycles. The van der Waals surface area contributed by atoms with Gasteiger partial charge in [0.15, 0.2) is 0 Å². The smallest absolute Gasteiger partial charge is 0.303 e. The topological polar surface area (TPSA) is 57.6 Å². The first-order chi connectivity index (χ1) is 8.90. The second-order valence-electron chi connectivity index (χ2n) is 6.10. The molecule has 1 fully saturated rings. The summed E-state index contributed by atoms with van der Waals surface area (Å²) < 4.78 is 0. The Morgan fingerprint density at radius 1 is 1.26 bits per heavy atom. The van der Waals surface area contributed by atoms with E-state index in [1.165, 1.54) is 0 Å². The molecule has 0 saturated heterocycles. The lowest BCUT2D eigenvalue weighted by molar-refractivity contribution is -0.141. The molecule has 4 nitrogen and oxygen atoms in total. The van der Waals surface area contributed by atoms with Gasteiger partial charge in [0.05, 0.1) is 6.42 Å². The molecule has 1 unspecified atom stereocenters. The minimum Gasteiger partial charge on any atom is -0.481 e. The number of rotatable bonds is 7. The van der Waals surface area contributed by atoms with Crippen molar-refractivity contribution in [3.8, 4) is 0 Å². The normalized spacial score (nSPS) is 19.1. The van der Waals surface area contributed by atoms with Crippen molar-refractivity contribution in [2.24, 2.45) is 5.41 Å². The van der Waals surface area contributed by atoms with Gasteiger partial charge < -0.3 is 10.0 Å². The van der Waals surface area contributed by atoms with Crippen LogP contribution in [0.2, 0.25) is 0 Å². The van der Waals surface area contributed by atoms with Crippen LogP contribution in [0, 0.1) is 5.41 Å². The molecule has 1 atom stereocenters. The van der Waals surface area contributed by atoms with Crippen LogP contribution in [0.1, 0.15) is 65.2 Å². The molecule has 1 N–H and O–H groups in total. The van der Waals surface area contributed by atoms with Crippen LogP contribution < -0.4 is 0 Å². The largest absolute Gasteiger partial charge is 0.481 e. The number of aliphatic carboxylic acids is 1. The predicted octanol–water partition coefficient (Wildman–Crippen LogP) is 3.06. The molecule has 0 radical (unpaired) electrons. The monoisotopic (exact) mass is 269 g/mol. The van der Waals surface area contributed by atoms with E-state index in [9.17, 15) is 9.59 Å². The fraction of sp³-hybridized carbons (Fsp3) is 0.867. The molecule has 4 heteroatoms. The predicted molar refractivity (Wildman–Crippen MR) is 74.9 cm³/mol. The SMILES string of the molecule is CCCC(C)N(C)C(=O)CC1(CC(=O)O)CCCC1. The summed E-state index contributed by atoms with van der Waals surface area (Å²) in [6.07, 6.45) is 6.43. The zero-order chi connectivity index (χ0) is 14.5. The van der Waals surface area contributed by atoms with Crippen molar-refractivity contribution < 1.29 is 14.7 Å². The van der Waals surface area contributed by atoms with Gasteiger partial charge in [-0.3, -0.25) is 9.59 Å². The Labute approximate surface area is 116 Å². The molecular weight excluding hydrogens is 242 g/mol. The lowest BCUT2D eigenvalue weighted by Crippen LogP contribution is -2.38. The third kappa shape index (κ3) is 4.51. The van der Waals surface area contributed by atoms with Gasteiger partial charge in [-0.2, -0.15) is 0 Å². The number of carbonyl (C=O) groups is 2. The number of nitrogens with zero attached hydrogens (tertiary/aromatic N) is 1. The molecule has 0 aromatic carbocycles. The van der Waals surface area contributed by atoms with Gasteiger partial charge in [-0.05, 0) is 31.6 Å². The highest BCUT2D eigenvalue weighted by molar-refractivity contribution is 5.78. The number of hydrogen-bond donors (Lipinski definition) is 1. The highest BCUT2D eigenvalue weighted by atomic mass is 16.4. The highest BCUT2D eigenvalue weighted by Gasteiger charge is 2.38. The third-order valence-electron chi connectivity index (χ3n) is 4.48. The molecular formula is C15H27NO3. The molecule has 0 aromatic heterocycles. The molecule has 19 heavy (non-hydrogen) atoms. The number of hydrogen-bond acceptors (Lipinski definition) is 2. The van der Waals surface area contributed by atoms with E-state index in [1.807, 2.05) is 7.05 Å². The summed E-state index contributed by atoms with van der Waals surface area (Å²) in [5, 5.41) is 9.06. The van der Waals surface area contributed by atoms with Gasteiger partial charge >= 0.3 is 5.97 Å². The Balaban J connectivity index is 2.63. The second-order valence-corrected chi connectivity index (χ2v) is 6.10. The fourth-order valence-electron chi connectivity index (χ4n) is 3.16. The molecule has 110 valence electrons. The molecule has 0 aromatic rings. The van der Waals surface area contributed by atoms with Gasteiger partial charge in [0, 0.05) is 19.5 Å². The molecule has 1 rings (SSSR count). The first-order valence-electron chi connectivity index (χ1n) is 7.37. The van der Waals surface area contributed by atoms with E-state index >= 15 is 0 Å². The summed E-state index contributed by atoms with van der Waals surface area (Å²) in [5.41, 5.74) is -0.289. The lowest BCUT2D eigenvalue weighted by atomic mass is 9.79. The average Bonchev–Trinajstić information content (AvgIpc) is 2.75. The average molecular weight is 269 g/mol. The van der Waals surface area contributed by atoms with E-state index in [2.05, 4.69) is 13.8 Å². The Kier molecular flexibility index (Phi) is 5.83. The van der Waals surface area contributed by atoms with E-state index in [-0.39, 0.29) is 23.8 Å². The van der Waals surface area contributed by atoms with Crippen molar-refractivity contribution in [3.63, 3.8) is 0 Å². The summed E-state index contributed by atoms with van der Waals surface area (Å²) in [6, 6.07) is 0.237. The molecule has 0 bridgehead atoms. The van der Waals surface area contributed by atoms with E-state index in [1.54, 1.807) is 4.90 Å². The van der Waals surface area contributed by atoms with E-state index in [4.69, 9.17) is 5.11 Å². The van der Waals surface area contributed by atoms with Gasteiger partial charge in [-0.1, -0.05) is 26.2 Å². The van der Waals surface area contributed by atoms with Crippen molar-refractivity contribution in [3.05, 3.63) is 0 Å². The Morgan fingerprint density at radius 3 is 2.32 bits per heavy atom. The third-order valence-corrected chi connectivity index (χ3v) is 4.48. The van der Waals surface area contributed by atoms with Crippen molar-refractivity contribution in [1.29, 1.82) is 0 Å². The second kappa shape index (κ2) is 6.92. The molecule has 1 amide bonds. The van der Waals surface area contributed by atoms with Crippen LogP contribution in [0.15, 0.2) is 0 Å². The Bertz CT molecular complexity index is 321. The number of amides is 1. The summed E-state index contributed by atoms with van der Waals surface area (Å²) >= 11 is 0. The van der Waals surface area contributed by atoms with Crippen molar-refractivity contribution in [2.75, 3.05) is 7.05 Å². The summed E-state index contributed by atoms with van der Waals surface area (Å²) in [6.45, 7) is 4.16. The van der Waals surface area contributed by atoms with Crippen molar-refractivity contribution >= 4 is 11.9 Å². The number of carboxylic acids is 1. The van der Waals surface area contributed by atoms with Gasteiger partial charge in [-0.15, -0.1) is 0 Å². The highest BCUT2D eigenvalue weighted by Crippen LogP contribution is 2.44. The number of carbonyl (C=O) groups excluding carboxylic acids is 1. The maximum Gasteiger partial charge on any atom is 0.303 e. The summed E-state index contributed by atoms with van der Waals surface area (Å²) in [7, 11) is 1.84. The first kappa shape index (κ1) is 16.0. The lowest BCUT2D eigenvalue weighted by Gasteiger charge is -2.31. The molecule has 0 spiro atoms. The van der Waals surface area contributed by atoms with Crippen LogP contribution in [-0.2, 0) is 9.59 Å². The van der Waals surface area contributed by atoms with Crippen LogP contribution in [0.5, 0.6) is 0 Å². The quantitative estimate of drug-likeness (QED) is 0.772. The standard InChI is InChI=1S/C15H27NO3/c1-4-7-12(2)16(3)13(17)10-15(11-14(18)19)8-5-6-9-15/h12H,4-11H2,1-3H3,(H,18,19). The van der Waals surface area contributed by atoms with Crippen LogP contribution >= 0.6 is 0 Å². The van der Waals surface area contributed by atoms with Gasteiger partial charge in [0.2, 0.25) is 5.91 Å². The molecule has 0 aliphatic heterocycles. The molecule has 1 aliphatic rings. The summed E-state index contributed by atoms with van der Waals surface area (Å²) in [5.74, 6) is -0.678. The fourth-order valence-corrected chi connectivity index (χ4v) is 3.16. The maximum absolute atomic E-state index is 12.3. The van der Waals surface area contributed by atoms with Crippen LogP contribution in [0.3, 0.4) is 0 Å². The zero-order valence-corrected chi connectivity index (χ0v) is 12.4. The van der Waals surface area contributed by atoms with Crippen LogP contribution in [-0.4, -0.2) is 35.0 Å². The zero-order valence-electron chi connectivity index (χ0n) is 12.4. The minimum atomic E-state index is -0.779. The summed E-state index contributed by atoms with van der Waals surface area (Å²) in [4.78, 5) is 25.2. The number of carboxylic acid groups (broad SMARTS) is 1. The minimum absolute atomic E-state index is 0.101. The van der Waals surface area contributed by atoms with Crippen molar-refractivity contribution in [2.45, 2.75) is 71.3 Å². The molecule has 1 saturated carbocycles.